The van der Waals surface area contributed by atoms with Crippen LogP contribution in [0.2, 0.25) is 0 Å². The summed E-state index contributed by atoms with van der Waals surface area (Å²) in [7, 11) is -3.68. The van der Waals surface area contributed by atoms with E-state index in [9.17, 15) is 13.2 Å². The highest BCUT2D eigenvalue weighted by Gasteiger charge is 2.10. The molecule has 2 aromatic rings. The van der Waals surface area contributed by atoms with Gasteiger partial charge in [0.05, 0.1) is 11.4 Å². The van der Waals surface area contributed by atoms with Crippen LogP contribution in [0.1, 0.15) is 11.1 Å². The van der Waals surface area contributed by atoms with Crippen molar-refractivity contribution in [3.63, 3.8) is 0 Å². The molecule has 0 fully saturated rings. The van der Waals surface area contributed by atoms with Crippen molar-refractivity contribution in [1.29, 1.82) is 0 Å². The molecule has 144 valence electrons. The fraction of sp³-hybridized carbons (Fsp3) is 0.250. The number of sulfonamides is 1. The molecule has 2 rings (SSSR count). The lowest BCUT2D eigenvalue weighted by atomic mass is 10.1. The highest BCUT2D eigenvalue weighted by molar-refractivity contribution is 7.89. The third-order valence-corrected chi connectivity index (χ3v) is 4.92. The van der Waals surface area contributed by atoms with Crippen molar-refractivity contribution in [1.82, 2.24) is 10.2 Å². The molecule has 2 aromatic carbocycles. The third kappa shape index (κ3) is 7.34. The average Bonchev–Trinajstić information content (AvgIpc) is 2.62. The summed E-state index contributed by atoms with van der Waals surface area (Å²) in [6.45, 7) is 5.80. The Labute approximate surface area is 160 Å². The van der Waals surface area contributed by atoms with Crippen LogP contribution >= 0.6 is 0 Å². The van der Waals surface area contributed by atoms with E-state index in [1.54, 1.807) is 18.2 Å². The van der Waals surface area contributed by atoms with Crippen LogP contribution in [0.3, 0.4) is 0 Å². The van der Waals surface area contributed by atoms with Gasteiger partial charge in [0.1, 0.15) is 0 Å². The van der Waals surface area contributed by atoms with Gasteiger partial charge >= 0.3 is 0 Å². The van der Waals surface area contributed by atoms with Gasteiger partial charge in [-0.05, 0) is 29.7 Å². The number of nitrogens with zero attached hydrogens (tertiary/aromatic N) is 1. The maximum atomic E-state index is 12.2. The molecule has 0 radical (unpaired) electrons. The number of nitrogens with one attached hydrogen (secondary N) is 1. The zero-order valence-electron chi connectivity index (χ0n) is 15.2. The molecule has 0 aliphatic heterocycles. The van der Waals surface area contributed by atoms with Gasteiger partial charge in [-0.3, -0.25) is 9.69 Å². The number of benzene rings is 2. The van der Waals surface area contributed by atoms with Crippen LogP contribution in [0, 0.1) is 0 Å². The van der Waals surface area contributed by atoms with Gasteiger partial charge in [-0.1, -0.05) is 48.5 Å². The molecule has 0 saturated carbocycles. The van der Waals surface area contributed by atoms with Crippen molar-refractivity contribution in [2.45, 2.75) is 17.9 Å². The molecule has 0 unspecified atom stereocenters. The minimum Gasteiger partial charge on any atom is -0.355 e. The summed E-state index contributed by atoms with van der Waals surface area (Å²) in [5, 5.41) is 7.97. The van der Waals surface area contributed by atoms with Crippen LogP contribution < -0.4 is 10.5 Å². The molecule has 0 spiro atoms. The second-order valence-corrected chi connectivity index (χ2v) is 7.79. The van der Waals surface area contributed by atoms with Crippen molar-refractivity contribution in [3.05, 3.63) is 78.4 Å². The molecule has 3 N–H and O–H groups in total. The molecule has 0 heterocycles. The predicted octanol–water partition coefficient (Wildman–Crippen LogP) is 1.68. The molecular weight excluding hydrogens is 362 g/mol. The number of hydrogen-bond donors (Lipinski definition) is 2. The number of hydrogen-bond acceptors (Lipinski definition) is 4. The highest BCUT2D eigenvalue weighted by Crippen LogP contribution is 2.09. The molecule has 0 aliphatic carbocycles. The Balaban J connectivity index is 1.80. The zero-order chi connectivity index (χ0) is 19.7. The van der Waals surface area contributed by atoms with Gasteiger partial charge in [0.15, 0.2) is 0 Å². The first-order valence-electron chi connectivity index (χ1n) is 8.64. The summed E-state index contributed by atoms with van der Waals surface area (Å²) in [4.78, 5) is 14.3. The summed E-state index contributed by atoms with van der Waals surface area (Å²) in [6.07, 6.45) is 2.39. The Hall–Kier alpha value is -2.48. The fourth-order valence-electron chi connectivity index (χ4n) is 2.66. The summed E-state index contributed by atoms with van der Waals surface area (Å²) >= 11 is 0. The van der Waals surface area contributed by atoms with Gasteiger partial charge < -0.3 is 5.32 Å². The molecule has 6 nitrogen and oxygen atoms in total. The summed E-state index contributed by atoms with van der Waals surface area (Å²) in [6, 6.07) is 16.3. The van der Waals surface area contributed by atoms with Crippen LogP contribution in [-0.2, 0) is 27.8 Å². The Kier molecular flexibility index (Phi) is 7.72. The van der Waals surface area contributed by atoms with E-state index < -0.39 is 10.0 Å². The quantitative estimate of drug-likeness (QED) is 0.607. The number of carbonyl (C=O) groups excluding carboxylic acids is 1. The average molecular weight is 388 g/mol. The van der Waals surface area contributed by atoms with E-state index in [0.29, 0.717) is 26.1 Å². The van der Waals surface area contributed by atoms with Gasteiger partial charge in [-0.15, -0.1) is 6.58 Å². The van der Waals surface area contributed by atoms with Crippen molar-refractivity contribution in [3.8, 4) is 0 Å². The number of nitrogens with two attached hydrogens (primary N) is 1. The van der Waals surface area contributed by atoms with Gasteiger partial charge in [-0.2, -0.15) is 0 Å². The molecule has 0 atom stereocenters. The SMILES string of the molecule is C=CCN(CC(=O)NCCc1ccc(S(N)(=O)=O)cc1)Cc1ccccc1. The van der Waals surface area contributed by atoms with E-state index in [1.165, 1.54) is 12.1 Å². The van der Waals surface area contributed by atoms with E-state index >= 15 is 0 Å². The largest absolute Gasteiger partial charge is 0.355 e. The van der Waals surface area contributed by atoms with Crippen molar-refractivity contribution >= 4 is 15.9 Å². The van der Waals surface area contributed by atoms with Gasteiger partial charge in [-0.25, -0.2) is 13.6 Å². The minimum absolute atomic E-state index is 0.0612. The summed E-state index contributed by atoms with van der Waals surface area (Å²) in [5.41, 5.74) is 2.07. The van der Waals surface area contributed by atoms with E-state index in [1.807, 2.05) is 35.2 Å². The minimum atomic E-state index is -3.68. The summed E-state index contributed by atoms with van der Waals surface area (Å²) < 4.78 is 22.5. The first kappa shape index (κ1) is 20.8. The number of carbonyl (C=O) groups is 1. The predicted molar refractivity (Wildman–Crippen MR) is 106 cm³/mol. The Bertz CT molecular complexity index is 850. The fourth-order valence-corrected chi connectivity index (χ4v) is 3.18. The number of amides is 1. The number of rotatable bonds is 10. The molecule has 27 heavy (non-hydrogen) atoms. The molecule has 7 heteroatoms. The first-order valence-corrected chi connectivity index (χ1v) is 10.2. The van der Waals surface area contributed by atoms with E-state index in [0.717, 1.165) is 11.1 Å². The van der Waals surface area contributed by atoms with Crippen LogP contribution in [0.25, 0.3) is 0 Å². The number of primary sulfonamides is 1. The lowest BCUT2D eigenvalue weighted by Crippen LogP contribution is -2.37. The normalized spacial score (nSPS) is 11.3. The van der Waals surface area contributed by atoms with Gasteiger partial charge in [0.2, 0.25) is 15.9 Å². The Morgan fingerprint density at radius 1 is 1.07 bits per heavy atom. The van der Waals surface area contributed by atoms with Gasteiger partial charge in [0, 0.05) is 19.6 Å². The Morgan fingerprint density at radius 2 is 1.74 bits per heavy atom. The van der Waals surface area contributed by atoms with Crippen LogP contribution in [0.5, 0.6) is 0 Å². The monoisotopic (exact) mass is 387 g/mol. The molecule has 0 saturated heterocycles. The molecule has 1 amide bonds. The maximum Gasteiger partial charge on any atom is 0.238 e. The van der Waals surface area contributed by atoms with Crippen molar-refractivity contribution < 1.29 is 13.2 Å². The zero-order valence-corrected chi connectivity index (χ0v) is 16.0. The molecular formula is C20H25N3O3S. The smallest absolute Gasteiger partial charge is 0.238 e. The third-order valence-electron chi connectivity index (χ3n) is 3.99. The summed E-state index contributed by atoms with van der Waals surface area (Å²) in [5.74, 6) is -0.0612. The lowest BCUT2D eigenvalue weighted by Gasteiger charge is -2.20. The molecule has 0 aromatic heterocycles. The maximum absolute atomic E-state index is 12.2. The second kappa shape index (κ2) is 10.0. The molecule has 0 bridgehead atoms. The Morgan fingerprint density at radius 3 is 2.33 bits per heavy atom. The standard InChI is InChI=1S/C20H25N3O3S/c1-2-14-23(15-18-6-4-3-5-7-18)16-20(24)22-13-12-17-8-10-19(11-9-17)27(21,25)26/h2-11H,1,12-16H2,(H,22,24)(H2,21,25,26). The van der Waals surface area contributed by atoms with Crippen LogP contribution in [0.4, 0.5) is 0 Å². The molecule has 0 aliphatic rings. The first-order chi connectivity index (χ1) is 12.9. The highest BCUT2D eigenvalue weighted by atomic mass is 32.2. The van der Waals surface area contributed by atoms with Crippen LogP contribution in [-0.4, -0.2) is 38.9 Å². The van der Waals surface area contributed by atoms with Gasteiger partial charge in [0.25, 0.3) is 0 Å². The van der Waals surface area contributed by atoms with E-state index in [4.69, 9.17) is 5.14 Å². The lowest BCUT2D eigenvalue weighted by molar-refractivity contribution is -0.122. The van der Waals surface area contributed by atoms with E-state index in [-0.39, 0.29) is 17.3 Å². The van der Waals surface area contributed by atoms with Crippen molar-refractivity contribution in [2.24, 2.45) is 5.14 Å². The van der Waals surface area contributed by atoms with Crippen LogP contribution in [0.15, 0.2) is 72.1 Å². The topological polar surface area (TPSA) is 92.5 Å². The van der Waals surface area contributed by atoms with E-state index in [2.05, 4.69) is 11.9 Å². The second-order valence-electron chi connectivity index (χ2n) is 6.23. The van der Waals surface area contributed by atoms with Crippen molar-refractivity contribution in [2.75, 3.05) is 19.6 Å².